The van der Waals surface area contributed by atoms with Crippen molar-refractivity contribution in [3.05, 3.63) is 82.0 Å². The Kier molecular flexibility index (Phi) is 9.08. The van der Waals surface area contributed by atoms with Crippen LogP contribution in [0.4, 0.5) is 11.4 Å². The Labute approximate surface area is 229 Å². The molecule has 0 saturated heterocycles. The molecule has 2 aromatic rings. The van der Waals surface area contributed by atoms with Gasteiger partial charge in [0.25, 0.3) is 11.2 Å². The van der Waals surface area contributed by atoms with Gasteiger partial charge in [0.2, 0.25) is 0 Å². The zero-order valence-electron chi connectivity index (χ0n) is 21.9. The maximum Gasteiger partial charge on any atom is 0.349 e. The molecule has 6 N–H and O–H groups in total. The van der Waals surface area contributed by atoms with Crippen LogP contribution in [0.2, 0.25) is 0 Å². The number of non-ortho nitro benzene ring substituents is 1. The predicted molar refractivity (Wildman–Crippen MR) is 142 cm³/mol. The second-order valence-electron chi connectivity index (χ2n) is 9.14. The van der Waals surface area contributed by atoms with E-state index in [1.54, 1.807) is 12.1 Å². The molecule has 3 atom stereocenters. The van der Waals surface area contributed by atoms with Gasteiger partial charge >= 0.3 is 11.4 Å². The summed E-state index contributed by atoms with van der Waals surface area (Å²) in [6.07, 6.45) is -4.68. The number of nitro groups is 2. The van der Waals surface area contributed by atoms with Crippen molar-refractivity contribution in [2.75, 3.05) is 6.61 Å². The van der Waals surface area contributed by atoms with E-state index in [-0.39, 0.29) is 23.6 Å². The van der Waals surface area contributed by atoms with E-state index in [9.17, 15) is 50.2 Å². The van der Waals surface area contributed by atoms with Crippen molar-refractivity contribution in [2.24, 2.45) is 0 Å². The van der Waals surface area contributed by atoms with Crippen molar-refractivity contribution in [3.8, 4) is 17.3 Å². The van der Waals surface area contributed by atoms with Crippen molar-refractivity contribution in [1.29, 1.82) is 0 Å². The van der Waals surface area contributed by atoms with Crippen LogP contribution in [-0.4, -0.2) is 79.8 Å². The molecule has 41 heavy (non-hydrogen) atoms. The number of nitrogens with one attached hydrogen (secondary N) is 1. The summed E-state index contributed by atoms with van der Waals surface area (Å²) in [6, 6.07) is 5.33. The van der Waals surface area contributed by atoms with Crippen molar-refractivity contribution in [1.82, 2.24) is 19.5 Å². The van der Waals surface area contributed by atoms with E-state index in [1.807, 2.05) is 13.8 Å². The van der Waals surface area contributed by atoms with Gasteiger partial charge in [-0.1, -0.05) is 0 Å². The number of rotatable bonds is 7. The fourth-order valence-corrected chi connectivity index (χ4v) is 3.88. The number of phenolic OH excluding ortho intramolecular Hbond substituents is 1. The topological polar surface area (TPSA) is 268 Å². The normalized spacial score (nSPS) is 13.3. The van der Waals surface area contributed by atoms with Crippen LogP contribution in [0.3, 0.4) is 0 Å². The molecule has 0 unspecified atom stereocenters. The average Bonchev–Trinajstić information content (AvgIpc) is 2.90. The standard InChI is InChI=1S/C17H20N4O6.C7H6N2O5/c1-7-3-9-10(4-8(7)2)21(5-11(23)14(25)12(24)6-22)15-13(18-9)16(26)20-17(27)19-15;1-4-2-5(8(11)12)3-6(7(4)10)9(13)14/h3-4,11-12,14,22-25H,5-6H2,1-2H3,(H,20,26,27);2-3,10H,1H3/t11-,12+,14-;/m0./s1. The zero-order chi connectivity index (χ0) is 30.8. The number of H-pyrrole nitrogens is 1. The molecule has 0 spiro atoms. The number of aliphatic hydroxyl groups excluding tert-OH is 4. The van der Waals surface area contributed by atoms with Gasteiger partial charge in [-0.3, -0.25) is 30.0 Å². The van der Waals surface area contributed by atoms with Gasteiger partial charge in [0, 0.05) is 11.6 Å². The Hall–Kier alpha value is -4.84. The van der Waals surface area contributed by atoms with E-state index in [4.69, 9.17) is 5.11 Å². The zero-order valence-corrected chi connectivity index (χ0v) is 21.9. The molecule has 0 aliphatic carbocycles. The van der Waals surface area contributed by atoms with Crippen LogP contribution in [0, 0.1) is 41.0 Å². The Balaban J connectivity index is 0.000000278. The van der Waals surface area contributed by atoms with Gasteiger partial charge < -0.3 is 30.1 Å². The van der Waals surface area contributed by atoms with E-state index in [1.165, 1.54) is 11.5 Å². The van der Waals surface area contributed by atoms with Crippen LogP contribution in [0.25, 0.3) is 22.6 Å². The first-order chi connectivity index (χ1) is 19.2. The minimum Gasteiger partial charge on any atom is -0.502 e. The van der Waals surface area contributed by atoms with E-state index in [2.05, 4.69) is 15.0 Å². The van der Waals surface area contributed by atoms with Gasteiger partial charge in [-0.15, -0.1) is 0 Å². The van der Waals surface area contributed by atoms with Crippen LogP contribution in [0.5, 0.6) is 5.75 Å². The number of aryl methyl sites for hydroxylation is 3. The third-order valence-corrected chi connectivity index (χ3v) is 6.24. The van der Waals surface area contributed by atoms with Gasteiger partial charge in [0.15, 0.2) is 17.3 Å². The molecule has 2 aliphatic rings. The Morgan fingerprint density at radius 2 is 1.56 bits per heavy atom. The molecule has 0 radical (unpaired) electrons. The Morgan fingerprint density at radius 3 is 2.15 bits per heavy atom. The summed E-state index contributed by atoms with van der Waals surface area (Å²) in [5.41, 5.74) is 0.149. The third kappa shape index (κ3) is 6.49. The number of aromatic amines is 1. The summed E-state index contributed by atoms with van der Waals surface area (Å²) in [5.74, 6) is -0.593. The lowest BCUT2D eigenvalue weighted by molar-refractivity contribution is -0.394. The minimum atomic E-state index is -1.64. The Bertz CT molecular complexity index is 1720. The molecule has 2 aliphatic heterocycles. The number of phenols is 1. The quantitative estimate of drug-likeness (QED) is 0.0948. The van der Waals surface area contributed by atoms with Gasteiger partial charge in [0.05, 0.1) is 40.1 Å². The van der Waals surface area contributed by atoms with E-state index in [0.29, 0.717) is 11.0 Å². The molecule has 2 heterocycles. The number of fused-ring (bicyclic) bond motifs is 2. The number of aromatic hydroxyl groups is 1. The summed E-state index contributed by atoms with van der Waals surface area (Å²) in [7, 11) is 0. The first-order valence-electron chi connectivity index (χ1n) is 11.9. The first kappa shape index (κ1) is 30.7. The molecule has 17 heteroatoms. The van der Waals surface area contributed by atoms with E-state index >= 15 is 0 Å². The number of nitrogens with zero attached hydrogens (tertiary/aromatic N) is 5. The summed E-state index contributed by atoms with van der Waals surface area (Å²) in [6.45, 7) is 4.09. The molecule has 0 bridgehead atoms. The van der Waals surface area contributed by atoms with Crippen LogP contribution < -0.4 is 11.2 Å². The smallest absolute Gasteiger partial charge is 0.349 e. The molecule has 0 fully saturated rings. The van der Waals surface area contributed by atoms with Gasteiger partial charge in [-0.25, -0.2) is 9.78 Å². The number of nitro benzene ring substituents is 2. The van der Waals surface area contributed by atoms with Crippen LogP contribution in [0.15, 0.2) is 33.9 Å². The monoisotopic (exact) mass is 574 g/mol. The van der Waals surface area contributed by atoms with Gasteiger partial charge in [-0.2, -0.15) is 4.98 Å². The van der Waals surface area contributed by atoms with Gasteiger partial charge in [0.1, 0.15) is 18.3 Å². The third-order valence-electron chi connectivity index (χ3n) is 6.24. The number of aliphatic hydroxyl groups is 4. The number of hydrogen-bond donors (Lipinski definition) is 6. The number of aromatic nitrogens is 4. The SMILES string of the molecule is Cc1cc([N+](=O)[O-])cc([N+](=O)[O-])c1O.Cc1cc2nc3c(=O)[nH]c(=O)nc-3n(C[C@H](O)[C@H](O)[C@H](O)CO)c2cc1C. The maximum absolute atomic E-state index is 12.2. The Morgan fingerprint density at radius 1 is 0.927 bits per heavy atom. The number of hydrogen-bond acceptors (Lipinski definition) is 13. The second-order valence-corrected chi connectivity index (χ2v) is 9.14. The van der Waals surface area contributed by atoms with Crippen LogP contribution >= 0.6 is 0 Å². The van der Waals surface area contributed by atoms with Gasteiger partial charge in [-0.05, 0) is 44.0 Å². The highest BCUT2D eigenvalue weighted by Crippen LogP contribution is 2.33. The molecule has 218 valence electrons. The highest BCUT2D eigenvalue weighted by molar-refractivity contribution is 5.81. The fourth-order valence-electron chi connectivity index (χ4n) is 3.88. The lowest BCUT2D eigenvalue weighted by Crippen LogP contribution is -2.42. The van der Waals surface area contributed by atoms with E-state index in [0.717, 1.165) is 23.3 Å². The largest absolute Gasteiger partial charge is 0.502 e. The highest BCUT2D eigenvalue weighted by Gasteiger charge is 2.27. The average molecular weight is 575 g/mol. The fraction of sp³-hybridized carbons (Fsp3) is 0.333. The van der Waals surface area contributed by atoms with E-state index < -0.39 is 63.1 Å². The molecule has 17 nitrogen and oxygen atoms in total. The molecular weight excluding hydrogens is 548 g/mol. The van der Waals surface area contributed by atoms with Crippen molar-refractivity contribution >= 4 is 22.4 Å². The van der Waals surface area contributed by atoms with Crippen molar-refractivity contribution in [2.45, 2.75) is 45.6 Å². The summed E-state index contributed by atoms with van der Waals surface area (Å²) in [5, 5.41) is 68.7. The highest BCUT2D eigenvalue weighted by atomic mass is 16.6. The minimum absolute atomic E-state index is 0.0516. The van der Waals surface area contributed by atoms with Crippen molar-refractivity contribution in [3.63, 3.8) is 0 Å². The molecule has 0 aromatic heterocycles. The lowest BCUT2D eigenvalue weighted by Gasteiger charge is -2.25. The van der Waals surface area contributed by atoms with Crippen molar-refractivity contribution < 1.29 is 35.4 Å². The van der Waals surface area contributed by atoms with Crippen LogP contribution in [0.1, 0.15) is 16.7 Å². The lowest BCUT2D eigenvalue weighted by atomic mass is 10.1. The molecule has 4 rings (SSSR count). The first-order valence-corrected chi connectivity index (χ1v) is 11.9. The predicted octanol–water partition coefficient (Wildman–Crippen LogP) is -0.207. The molecule has 0 amide bonds. The molecule has 2 aromatic carbocycles. The summed E-state index contributed by atoms with van der Waals surface area (Å²) >= 11 is 0. The second kappa shape index (κ2) is 12.1. The maximum atomic E-state index is 12.2. The molecule has 0 saturated carbocycles. The van der Waals surface area contributed by atoms with Crippen LogP contribution in [-0.2, 0) is 6.54 Å². The summed E-state index contributed by atoms with van der Waals surface area (Å²) < 4.78 is 1.40. The summed E-state index contributed by atoms with van der Waals surface area (Å²) in [4.78, 5) is 53.1. The number of benzene rings is 2. The molecular formula is C24H26N6O11.